The summed E-state index contributed by atoms with van der Waals surface area (Å²) in [5.41, 5.74) is 0.493. The first kappa shape index (κ1) is 13.4. The Morgan fingerprint density at radius 3 is 2.53 bits per heavy atom. The fourth-order valence-corrected chi connectivity index (χ4v) is 3.52. The van der Waals surface area contributed by atoms with Crippen molar-refractivity contribution in [1.82, 2.24) is 10.6 Å². The third-order valence-electron chi connectivity index (χ3n) is 4.89. The average Bonchev–Trinajstić information content (AvgIpc) is 2.83. The van der Waals surface area contributed by atoms with Crippen molar-refractivity contribution in [3.63, 3.8) is 0 Å². The minimum Gasteiger partial charge on any atom is -0.316 e. The molecule has 2 rings (SSSR count). The largest absolute Gasteiger partial charge is 0.316 e. The van der Waals surface area contributed by atoms with Gasteiger partial charge in [-0.3, -0.25) is 0 Å². The average molecular weight is 238 g/mol. The van der Waals surface area contributed by atoms with Crippen molar-refractivity contribution in [2.45, 2.75) is 52.4 Å². The first-order chi connectivity index (χ1) is 8.18. The van der Waals surface area contributed by atoms with E-state index in [1.807, 2.05) is 0 Å². The molecule has 1 saturated heterocycles. The molecule has 0 radical (unpaired) electrons. The molecule has 0 amide bonds. The van der Waals surface area contributed by atoms with E-state index in [0.29, 0.717) is 5.41 Å². The van der Waals surface area contributed by atoms with E-state index in [1.165, 1.54) is 64.7 Å². The quantitative estimate of drug-likeness (QED) is 0.769. The van der Waals surface area contributed by atoms with Gasteiger partial charge in [-0.1, -0.05) is 33.1 Å². The first-order valence-electron chi connectivity index (χ1n) is 7.60. The Morgan fingerprint density at radius 2 is 1.88 bits per heavy atom. The van der Waals surface area contributed by atoms with Crippen molar-refractivity contribution in [1.29, 1.82) is 0 Å². The van der Waals surface area contributed by atoms with Crippen LogP contribution in [-0.4, -0.2) is 26.2 Å². The summed E-state index contributed by atoms with van der Waals surface area (Å²) in [4.78, 5) is 0. The zero-order chi connectivity index (χ0) is 12.1. The van der Waals surface area contributed by atoms with Crippen molar-refractivity contribution in [3.8, 4) is 0 Å². The summed E-state index contributed by atoms with van der Waals surface area (Å²) in [6.07, 6.45) is 8.66. The molecule has 1 heterocycles. The van der Waals surface area contributed by atoms with Gasteiger partial charge in [0, 0.05) is 6.54 Å². The molecule has 1 aliphatic heterocycles. The molecule has 2 heteroatoms. The van der Waals surface area contributed by atoms with Gasteiger partial charge < -0.3 is 10.6 Å². The maximum atomic E-state index is 3.72. The molecule has 1 atom stereocenters. The Balaban J connectivity index is 1.68. The third kappa shape index (κ3) is 3.96. The SMILES string of the molecule is CC(C)(CNCC1CCNC1)C1CCCCC1. The van der Waals surface area contributed by atoms with Gasteiger partial charge in [-0.05, 0) is 56.1 Å². The Bertz CT molecular complexity index is 213. The minimum absolute atomic E-state index is 0.493. The molecular formula is C15H30N2. The van der Waals surface area contributed by atoms with Crippen molar-refractivity contribution in [3.05, 3.63) is 0 Å². The van der Waals surface area contributed by atoms with E-state index in [-0.39, 0.29) is 0 Å². The molecule has 17 heavy (non-hydrogen) atoms. The molecule has 0 aromatic rings. The van der Waals surface area contributed by atoms with Crippen LogP contribution in [-0.2, 0) is 0 Å². The Kier molecular flexibility index (Phi) is 4.87. The topological polar surface area (TPSA) is 24.1 Å². The Morgan fingerprint density at radius 1 is 1.12 bits per heavy atom. The second-order valence-electron chi connectivity index (χ2n) is 6.81. The normalized spacial score (nSPS) is 27.5. The van der Waals surface area contributed by atoms with E-state index in [2.05, 4.69) is 24.5 Å². The maximum absolute atomic E-state index is 3.72. The summed E-state index contributed by atoms with van der Waals surface area (Å²) in [6, 6.07) is 0. The molecular weight excluding hydrogens is 208 g/mol. The molecule has 0 bridgehead atoms. The second kappa shape index (κ2) is 6.19. The summed E-state index contributed by atoms with van der Waals surface area (Å²) in [5.74, 6) is 1.82. The zero-order valence-electron chi connectivity index (χ0n) is 11.7. The van der Waals surface area contributed by atoms with Gasteiger partial charge in [0.15, 0.2) is 0 Å². The number of rotatable bonds is 5. The predicted molar refractivity (Wildman–Crippen MR) is 74.2 cm³/mol. The number of hydrogen-bond donors (Lipinski definition) is 2. The second-order valence-corrected chi connectivity index (χ2v) is 6.81. The molecule has 0 aromatic carbocycles. The van der Waals surface area contributed by atoms with Gasteiger partial charge in [-0.25, -0.2) is 0 Å². The molecule has 2 aliphatic rings. The molecule has 100 valence electrons. The van der Waals surface area contributed by atoms with Crippen molar-refractivity contribution in [2.24, 2.45) is 17.3 Å². The summed E-state index contributed by atoms with van der Waals surface area (Å²) in [6.45, 7) is 9.78. The molecule has 1 saturated carbocycles. The van der Waals surface area contributed by atoms with Crippen molar-refractivity contribution >= 4 is 0 Å². The number of hydrogen-bond acceptors (Lipinski definition) is 2. The lowest BCUT2D eigenvalue weighted by atomic mass is 9.71. The van der Waals surface area contributed by atoms with Crippen LogP contribution in [0.15, 0.2) is 0 Å². The maximum Gasteiger partial charge on any atom is 0.000529 e. The van der Waals surface area contributed by atoms with Gasteiger partial charge >= 0.3 is 0 Å². The lowest BCUT2D eigenvalue weighted by Gasteiger charge is -2.37. The summed E-state index contributed by atoms with van der Waals surface area (Å²) < 4.78 is 0. The Hall–Kier alpha value is -0.0800. The fourth-order valence-electron chi connectivity index (χ4n) is 3.52. The fraction of sp³-hybridized carbons (Fsp3) is 1.00. The molecule has 0 spiro atoms. The van der Waals surface area contributed by atoms with E-state index < -0.39 is 0 Å². The summed E-state index contributed by atoms with van der Waals surface area (Å²) in [5, 5.41) is 7.17. The third-order valence-corrected chi connectivity index (χ3v) is 4.89. The smallest absolute Gasteiger partial charge is 0.000529 e. The van der Waals surface area contributed by atoms with E-state index in [1.54, 1.807) is 0 Å². The molecule has 1 unspecified atom stereocenters. The number of nitrogens with one attached hydrogen (secondary N) is 2. The molecule has 1 aliphatic carbocycles. The minimum atomic E-state index is 0.493. The van der Waals surface area contributed by atoms with E-state index >= 15 is 0 Å². The Labute approximate surface area is 107 Å². The lowest BCUT2D eigenvalue weighted by Crippen LogP contribution is -2.38. The van der Waals surface area contributed by atoms with Crippen LogP contribution in [0.4, 0.5) is 0 Å². The highest BCUT2D eigenvalue weighted by atomic mass is 14.9. The van der Waals surface area contributed by atoms with Crippen LogP contribution < -0.4 is 10.6 Å². The summed E-state index contributed by atoms with van der Waals surface area (Å²) >= 11 is 0. The van der Waals surface area contributed by atoms with Crippen molar-refractivity contribution < 1.29 is 0 Å². The van der Waals surface area contributed by atoms with Crippen LogP contribution in [0.25, 0.3) is 0 Å². The van der Waals surface area contributed by atoms with Crippen LogP contribution in [0.2, 0.25) is 0 Å². The van der Waals surface area contributed by atoms with Crippen LogP contribution in [0.1, 0.15) is 52.4 Å². The molecule has 2 fully saturated rings. The standard InChI is InChI=1S/C15H30N2/c1-15(2,14-6-4-3-5-7-14)12-17-11-13-8-9-16-10-13/h13-14,16-17H,3-12H2,1-2H3. The highest BCUT2D eigenvalue weighted by Gasteiger charge is 2.30. The van der Waals surface area contributed by atoms with Gasteiger partial charge in [0.1, 0.15) is 0 Å². The van der Waals surface area contributed by atoms with Gasteiger partial charge in [0.2, 0.25) is 0 Å². The van der Waals surface area contributed by atoms with Gasteiger partial charge in [-0.2, -0.15) is 0 Å². The van der Waals surface area contributed by atoms with Crippen LogP contribution in [0.5, 0.6) is 0 Å². The van der Waals surface area contributed by atoms with E-state index in [9.17, 15) is 0 Å². The summed E-state index contributed by atoms with van der Waals surface area (Å²) in [7, 11) is 0. The molecule has 2 nitrogen and oxygen atoms in total. The lowest BCUT2D eigenvalue weighted by molar-refractivity contribution is 0.153. The van der Waals surface area contributed by atoms with Crippen LogP contribution in [0.3, 0.4) is 0 Å². The molecule has 2 N–H and O–H groups in total. The first-order valence-corrected chi connectivity index (χ1v) is 7.60. The van der Waals surface area contributed by atoms with E-state index in [4.69, 9.17) is 0 Å². The van der Waals surface area contributed by atoms with Crippen LogP contribution >= 0.6 is 0 Å². The monoisotopic (exact) mass is 238 g/mol. The zero-order valence-corrected chi connectivity index (χ0v) is 11.7. The van der Waals surface area contributed by atoms with Crippen molar-refractivity contribution in [2.75, 3.05) is 26.2 Å². The van der Waals surface area contributed by atoms with Gasteiger partial charge in [-0.15, -0.1) is 0 Å². The van der Waals surface area contributed by atoms with Gasteiger partial charge in [0.25, 0.3) is 0 Å². The van der Waals surface area contributed by atoms with Gasteiger partial charge in [0.05, 0.1) is 0 Å². The highest BCUT2D eigenvalue weighted by Crippen LogP contribution is 2.37. The highest BCUT2D eigenvalue weighted by molar-refractivity contribution is 4.83. The van der Waals surface area contributed by atoms with E-state index in [0.717, 1.165) is 11.8 Å². The van der Waals surface area contributed by atoms with Crippen LogP contribution in [0, 0.1) is 17.3 Å². The molecule has 0 aromatic heterocycles. The predicted octanol–water partition coefficient (Wildman–Crippen LogP) is 2.79.